The molecule has 2 N–H and O–H groups in total. The highest BCUT2D eigenvalue weighted by Crippen LogP contribution is 2.24. The molecule has 5 heteroatoms. The van der Waals surface area contributed by atoms with Gasteiger partial charge in [0, 0.05) is 16.0 Å². The van der Waals surface area contributed by atoms with Gasteiger partial charge in [0.05, 0.1) is 11.9 Å². The summed E-state index contributed by atoms with van der Waals surface area (Å²) in [6.07, 6.45) is 0. The molecular weight excluding hydrogens is 258 g/mol. The number of carbonyl (C=O) groups excluding carboxylic acids is 1. The van der Waals surface area contributed by atoms with Gasteiger partial charge in [0.25, 0.3) is 0 Å². The van der Waals surface area contributed by atoms with E-state index in [1.165, 1.54) is 11.8 Å². The Hall–Kier alpha value is -0.710. The van der Waals surface area contributed by atoms with Crippen molar-refractivity contribution < 1.29 is 9.90 Å². The number of hydrogen-bond donors (Lipinski definition) is 2. The third-order valence-corrected chi connectivity index (χ3v) is 3.52. The van der Waals surface area contributed by atoms with Crippen molar-refractivity contribution in [3.05, 3.63) is 29.3 Å². The molecule has 0 spiro atoms. The minimum atomic E-state index is -0.212. The van der Waals surface area contributed by atoms with Gasteiger partial charge in [-0.15, -0.1) is 11.8 Å². The van der Waals surface area contributed by atoms with Crippen LogP contribution in [0, 0.1) is 0 Å². The summed E-state index contributed by atoms with van der Waals surface area (Å²) in [4.78, 5) is 12.7. The number of carbonyl (C=O) groups is 1. The number of hydrogen-bond acceptors (Lipinski definition) is 3. The Bertz CT molecular complexity index is 369. The van der Waals surface area contributed by atoms with Gasteiger partial charge in [-0.1, -0.05) is 11.6 Å². The average molecular weight is 274 g/mol. The molecule has 1 aromatic rings. The third kappa shape index (κ3) is 4.98. The summed E-state index contributed by atoms with van der Waals surface area (Å²) >= 11 is 7.24. The lowest BCUT2D eigenvalue weighted by atomic mass is 10.3. The Morgan fingerprint density at radius 2 is 2.00 bits per heavy atom. The molecule has 0 aromatic heterocycles. The van der Waals surface area contributed by atoms with Gasteiger partial charge in [-0.3, -0.25) is 4.79 Å². The van der Waals surface area contributed by atoms with Gasteiger partial charge in [-0.25, -0.2) is 0 Å². The standard InChI is InChI=1S/C12H16ClNO2S/c1-8(7-15)14-12(16)9(2)17-11-5-3-10(13)4-6-11/h3-6,8-9,15H,7H2,1-2H3,(H,14,16)/t8-,9?/m1/s1. The van der Waals surface area contributed by atoms with Gasteiger partial charge < -0.3 is 10.4 Å². The summed E-state index contributed by atoms with van der Waals surface area (Å²) in [5, 5.41) is 12.1. The maximum Gasteiger partial charge on any atom is 0.233 e. The SMILES string of the molecule is CC(Sc1ccc(Cl)cc1)C(=O)N[C@H](C)CO. The zero-order chi connectivity index (χ0) is 12.8. The quantitative estimate of drug-likeness (QED) is 0.810. The van der Waals surface area contributed by atoms with Crippen LogP contribution in [-0.4, -0.2) is 28.9 Å². The number of rotatable bonds is 5. The molecule has 0 fully saturated rings. The number of aliphatic hydroxyl groups is 1. The molecule has 0 saturated carbocycles. The molecule has 0 radical (unpaired) electrons. The van der Waals surface area contributed by atoms with Crippen molar-refractivity contribution in [1.29, 1.82) is 0 Å². The van der Waals surface area contributed by atoms with E-state index in [1.807, 2.05) is 19.1 Å². The van der Waals surface area contributed by atoms with Gasteiger partial charge in [0.15, 0.2) is 0 Å². The lowest BCUT2D eigenvalue weighted by molar-refractivity contribution is -0.121. The fraction of sp³-hybridized carbons (Fsp3) is 0.417. The second kappa shape index (κ2) is 6.89. The van der Waals surface area contributed by atoms with Crippen LogP contribution in [0.5, 0.6) is 0 Å². The van der Waals surface area contributed by atoms with Crippen LogP contribution in [0.2, 0.25) is 5.02 Å². The Labute approximate surface area is 111 Å². The molecule has 3 nitrogen and oxygen atoms in total. The second-order valence-electron chi connectivity index (χ2n) is 3.81. The lowest BCUT2D eigenvalue weighted by Gasteiger charge is -2.15. The minimum Gasteiger partial charge on any atom is -0.394 e. The van der Waals surface area contributed by atoms with Crippen molar-refractivity contribution in [1.82, 2.24) is 5.32 Å². The predicted octanol–water partition coefficient (Wildman–Crippen LogP) is 2.32. The number of halogens is 1. The van der Waals surface area contributed by atoms with E-state index in [1.54, 1.807) is 19.1 Å². The van der Waals surface area contributed by atoms with E-state index in [-0.39, 0.29) is 23.8 Å². The van der Waals surface area contributed by atoms with E-state index in [4.69, 9.17) is 16.7 Å². The third-order valence-electron chi connectivity index (χ3n) is 2.16. The molecule has 17 heavy (non-hydrogen) atoms. The maximum atomic E-state index is 11.7. The molecule has 1 aromatic carbocycles. The molecule has 0 bridgehead atoms. The first-order valence-electron chi connectivity index (χ1n) is 5.36. The Balaban J connectivity index is 2.51. The second-order valence-corrected chi connectivity index (χ2v) is 5.66. The van der Waals surface area contributed by atoms with Crippen molar-refractivity contribution in [2.24, 2.45) is 0 Å². The van der Waals surface area contributed by atoms with Crippen molar-refractivity contribution in [3.8, 4) is 0 Å². The van der Waals surface area contributed by atoms with Gasteiger partial charge in [0.1, 0.15) is 0 Å². The van der Waals surface area contributed by atoms with Crippen LogP contribution in [0.4, 0.5) is 0 Å². The zero-order valence-corrected chi connectivity index (χ0v) is 11.4. The van der Waals surface area contributed by atoms with E-state index >= 15 is 0 Å². The first-order valence-corrected chi connectivity index (χ1v) is 6.62. The predicted molar refractivity (Wildman–Crippen MR) is 71.5 cm³/mol. The van der Waals surface area contributed by atoms with E-state index in [0.29, 0.717) is 5.02 Å². The van der Waals surface area contributed by atoms with Crippen LogP contribution in [0.25, 0.3) is 0 Å². The van der Waals surface area contributed by atoms with E-state index in [9.17, 15) is 4.79 Å². The van der Waals surface area contributed by atoms with E-state index in [0.717, 1.165) is 4.90 Å². The van der Waals surface area contributed by atoms with E-state index < -0.39 is 0 Å². The van der Waals surface area contributed by atoms with Crippen LogP contribution in [0.3, 0.4) is 0 Å². The fourth-order valence-corrected chi connectivity index (χ4v) is 2.18. The molecule has 0 aliphatic carbocycles. The molecule has 0 aliphatic heterocycles. The summed E-state index contributed by atoms with van der Waals surface area (Å²) in [5.74, 6) is -0.0773. The van der Waals surface area contributed by atoms with Crippen LogP contribution < -0.4 is 5.32 Å². The Morgan fingerprint density at radius 3 is 2.53 bits per heavy atom. The molecule has 1 unspecified atom stereocenters. The van der Waals surface area contributed by atoms with Crippen LogP contribution in [-0.2, 0) is 4.79 Å². The van der Waals surface area contributed by atoms with Crippen LogP contribution in [0.15, 0.2) is 29.2 Å². The average Bonchev–Trinajstić information content (AvgIpc) is 2.31. The first-order chi connectivity index (χ1) is 8.02. The topological polar surface area (TPSA) is 49.3 Å². The number of aliphatic hydroxyl groups excluding tert-OH is 1. The molecule has 1 amide bonds. The lowest BCUT2D eigenvalue weighted by Crippen LogP contribution is -2.39. The van der Waals surface area contributed by atoms with Crippen molar-refractivity contribution in [2.75, 3.05) is 6.61 Å². The maximum absolute atomic E-state index is 11.7. The fourth-order valence-electron chi connectivity index (χ4n) is 1.18. The summed E-state index contributed by atoms with van der Waals surface area (Å²) in [5.41, 5.74) is 0. The minimum absolute atomic E-state index is 0.0515. The highest BCUT2D eigenvalue weighted by atomic mass is 35.5. The molecule has 94 valence electrons. The largest absolute Gasteiger partial charge is 0.394 e. The number of nitrogens with one attached hydrogen (secondary N) is 1. The summed E-state index contributed by atoms with van der Waals surface area (Å²) in [7, 11) is 0. The number of benzene rings is 1. The van der Waals surface area contributed by atoms with Gasteiger partial charge in [-0.05, 0) is 38.1 Å². The zero-order valence-electron chi connectivity index (χ0n) is 9.81. The van der Waals surface area contributed by atoms with Crippen LogP contribution in [0.1, 0.15) is 13.8 Å². The highest BCUT2D eigenvalue weighted by Gasteiger charge is 2.15. The molecule has 0 aliphatic rings. The Morgan fingerprint density at radius 1 is 1.41 bits per heavy atom. The van der Waals surface area contributed by atoms with Gasteiger partial charge in [-0.2, -0.15) is 0 Å². The van der Waals surface area contributed by atoms with E-state index in [2.05, 4.69) is 5.32 Å². The van der Waals surface area contributed by atoms with Crippen molar-refractivity contribution in [3.63, 3.8) is 0 Å². The molecule has 0 saturated heterocycles. The van der Waals surface area contributed by atoms with Crippen molar-refractivity contribution in [2.45, 2.75) is 30.0 Å². The summed E-state index contributed by atoms with van der Waals surface area (Å²) < 4.78 is 0. The van der Waals surface area contributed by atoms with Gasteiger partial charge in [0.2, 0.25) is 5.91 Å². The normalized spacial score (nSPS) is 14.1. The monoisotopic (exact) mass is 273 g/mol. The first kappa shape index (κ1) is 14.4. The van der Waals surface area contributed by atoms with Crippen molar-refractivity contribution >= 4 is 29.3 Å². The summed E-state index contributed by atoms with van der Waals surface area (Å²) in [6, 6.07) is 7.14. The number of amides is 1. The molecule has 2 atom stereocenters. The van der Waals surface area contributed by atoms with Gasteiger partial charge >= 0.3 is 0 Å². The summed E-state index contributed by atoms with van der Waals surface area (Å²) in [6.45, 7) is 3.54. The van der Waals surface area contributed by atoms with Crippen LogP contribution >= 0.6 is 23.4 Å². The molecular formula is C12H16ClNO2S. The highest BCUT2D eigenvalue weighted by molar-refractivity contribution is 8.00. The number of thioether (sulfide) groups is 1. The smallest absolute Gasteiger partial charge is 0.233 e. The molecule has 0 heterocycles. The Kier molecular flexibility index (Phi) is 5.82. The molecule has 1 rings (SSSR count).